The second kappa shape index (κ2) is 15.0. The van der Waals surface area contributed by atoms with Crippen LogP contribution in [0.15, 0.2) is 34.8 Å². The van der Waals surface area contributed by atoms with Crippen LogP contribution < -0.4 is 0 Å². The Labute approximate surface area is 163 Å². The summed E-state index contributed by atoms with van der Waals surface area (Å²) in [6.45, 7) is 11.6. The molecule has 1 rings (SSSR count). The minimum absolute atomic E-state index is 0.222. The van der Waals surface area contributed by atoms with Crippen molar-refractivity contribution in [2.75, 3.05) is 14.2 Å². The number of terminal acetylenes is 1. The Morgan fingerprint density at radius 3 is 2.15 bits per heavy atom. The summed E-state index contributed by atoms with van der Waals surface area (Å²) in [5.74, 6) is 1.89. The lowest BCUT2D eigenvalue weighted by molar-refractivity contribution is -0.135. The summed E-state index contributed by atoms with van der Waals surface area (Å²) in [6.07, 6.45) is 9.16. The average molecular weight is 376 g/mol. The molecule has 0 saturated heterocycles. The fraction of sp³-hybridized carbons (Fsp3) is 0.364. The third-order valence-corrected chi connectivity index (χ3v) is 3.65. The Bertz CT molecular complexity index is 703. The van der Waals surface area contributed by atoms with Crippen molar-refractivity contribution in [1.82, 2.24) is 0 Å². The van der Waals surface area contributed by atoms with Crippen molar-refractivity contribution in [3.8, 4) is 12.3 Å². The molecule has 1 aromatic rings. The molecular weight excluding hydrogens is 346 g/mol. The second-order valence-electron chi connectivity index (χ2n) is 4.81. The minimum atomic E-state index is -0.510. The molecular formula is C22H30ClNO2. The number of nitrogens with zero attached hydrogens (tertiary/aromatic N) is 1. The van der Waals surface area contributed by atoms with Gasteiger partial charge in [0, 0.05) is 12.1 Å². The molecule has 0 fully saturated rings. The van der Waals surface area contributed by atoms with Crippen LogP contribution in [0.1, 0.15) is 52.7 Å². The highest BCUT2D eigenvalue weighted by atomic mass is 35.5. The van der Waals surface area contributed by atoms with Crippen molar-refractivity contribution in [1.29, 1.82) is 0 Å². The normalized spacial score (nSPS) is 11.3. The van der Waals surface area contributed by atoms with Crippen molar-refractivity contribution in [3.05, 3.63) is 46.0 Å². The highest BCUT2D eigenvalue weighted by Crippen LogP contribution is 2.30. The quantitative estimate of drug-likeness (QED) is 0.278. The molecule has 0 aliphatic carbocycles. The van der Waals surface area contributed by atoms with Gasteiger partial charge in [-0.2, -0.15) is 0 Å². The largest absolute Gasteiger partial charge is 0.465 e. The van der Waals surface area contributed by atoms with Crippen LogP contribution in [0.2, 0.25) is 5.02 Å². The number of aliphatic imine (C=N–C) groups is 1. The Hall–Kier alpha value is -2.31. The average Bonchev–Trinajstić information content (AvgIpc) is 2.69. The summed E-state index contributed by atoms with van der Waals surface area (Å²) < 4.78 is 4.72. The first-order valence-electron chi connectivity index (χ1n) is 8.43. The van der Waals surface area contributed by atoms with E-state index in [2.05, 4.69) is 10.9 Å². The first kappa shape index (κ1) is 25.9. The molecule has 0 aliphatic rings. The number of allylic oxidation sites excluding steroid dienone is 3. The van der Waals surface area contributed by atoms with Crippen LogP contribution in [-0.4, -0.2) is 26.3 Å². The standard InChI is InChI=1S/C17H17ClO2.C3H7N.C2H6/c1-6-11(3)16-10-13(18)8-9-15(16)12(4)14(7-2)17(19)20-5;1-3-4-2;1-2/h2,6,8-10H,1,3-5H3;3H,1-2H3;1-2H3/b11-6-,14-12+;;. The molecule has 3 nitrogen and oxygen atoms in total. The van der Waals surface area contributed by atoms with E-state index in [1.165, 1.54) is 7.11 Å². The van der Waals surface area contributed by atoms with Gasteiger partial charge in [-0.1, -0.05) is 43.5 Å². The van der Waals surface area contributed by atoms with Crippen molar-refractivity contribution < 1.29 is 9.53 Å². The fourth-order valence-electron chi connectivity index (χ4n) is 1.88. The van der Waals surface area contributed by atoms with Crippen molar-refractivity contribution in [2.24, 2.45) is 4.99 Å². The van der Waals surface area contributed by atoms with E-state index in [0.29, 0.717) is 10.6 Å². The van der Waals surface area contributed by atoms with E-state index in [1.54, 1.807) is 19.3 Å². The molecule has 0 atom stereocenters. The topological polar surface area (TPSA) is 38.7 Å². The molecule has 0 bridgehead atoms. The summed E-state index contributed by atoms with van der Waals surface area (Å²) in [4.78, 5) is 15.3. The number of hydrogen-bond acceptors (Lipinski definition) is 3. The number of carbonyl (C=O) groups excluding carboxylic acids is 1. The molecule has 0 saturated carbocycles. The number of ether oxygens (including phenoxy) is 1. The summed E-state index contributed by atoms with van der Waals surface area (Å²) in [5, 5.41) is 0.637. The van der Waals surface area contributed by atoms with Gasteiger partial charge in [-0.15, -0.1) is 6.42 Å². The maximum absolute atomic E-state index is 11.7. The van der Waals surface area contributed by atoms with Crippen LogP contribution in [0, 0.1) is 12.3 Å². The van der Waals surface area contributed by atoms with Gasteiger partial charge < -0.3 is 9.73 Å². The molecule has 4 heteroatoms. The van der Waals surface area contributed by atoms with Crippen LogP contribution in [0.25, 0.3) is 11.1 Å². The molecule has 1 aromatic carbocycles. The summed E-state index contributed by atoms with van der Waals surface area (Å²) >= 11 is 6.05. The fourth-order valence-corrected chi connectivity index (χ4v) is 2.05. The third-order valence-electron chi connectivity index (χ3n) is 3.41. The number of rotatable bonds is 3. The van der Waals surface area contributed by atoms with E-state index in [9.17, 15) is 4.79 Å². The van der Waals surface area contributed by atoms with Crippen LogP contribution in [0.4, 0.5) is 0 Å². The monoisotopic (exact) mass is 375 g/mol. The number of hydrogen-bond donors (Lipinski definition) is 0. The molecule has 0 N–H and O–H groups in total. The van der Waals surface area contributed by atoms with Gasteiger partial charge in [0.05, 0.1) is 7.11 Å². The highest BCUT2D eigenvalue weighted by Gasteiger charge is 2.15. The van der Waals surface area contributed by atoms with E-state index in [0.717, 1.165) is 16.7 Å². The molecule has 0 spiro atoms. The van der Waals surface area contributed by atoms with Gasteiger partial charge in [0.25, 0.3) is 0 Å². The van der Waals surface area contributed by atoms with E-state index >= 15 is 0 Å². The van der Waals surface area contributed by atoms with Crippen molar-refractivity contribution in [3.63, 3.8) is 0 Å². The van der Waals surface area contributed by atoms with Crippen LogP contribution in [0.5, 0.6) is 0 Å². The van der Waals surface area contributed by atoms with Crippen LogP contribution >= 0.6 is 11.6 Å². The van der Waals surface area contributed by atoms with Gasteiger partial charge in [0.1, 0.15) is 5.57 Å². The Kier molecular flexibility index (Phi) is 14.9. The SMILES string of the molecule is C#C/C(C(=O)OC)=C(/C)c1ccc(Cl)cc1/C(C)=C\C.CC.CC=NC. The van der Waals surface area contributed by atoms with Crippen LogP contribution in [0.3, 0.4) is 0 Å². The zero-order valence-corrected chi connectivity index (χ0v) is 17.9. The van der Waals surface area contributed by atoms with Gasteiger partial charge in [-0.25, -0.2) is 4.79 Å². The zero-order chi connectivity index (χ0) is 20.7. The van der Waals surface area contributed by atoms with Crippen LogP contribution in [-0.2, 0) is 9.53 Å². The minimum Gasteiger partial charge on any atom is -0.465 e. The molecule has 26 heavy (non-hydrogen) atoms. The predicted octanol–water partition coefficient (Wildman–Crippen LogP) is 6.08. The molecule has 0 aliphatic heterocycles. The number of carbonyl (C=O) groups is 1. The lowest BCUT2D eigenvalue weighted by Gasteiger charge is -2.13. The lowest BCUT2D eigenvalue weighted by atomic mass is 9.93. The maximum atomic E-state index is 11.7. The molecule has 0 radical (unpaired) electrons. The number of benzene rings is 1. The molecule has 0 aromatic heterocycles. The molecule has 142 valence electrons. The lowest BCUT2D eigenvalue weighted by Crippen LogP contribution is -2.06. The smallest absolute Gasteiger partial charge is 0.346 e. The van der Waals surface area contributed by atoms with Gasteiger partial charge >= 0.3 is 5.97 Å². The predicted molar refractivity (Wildman–Crippen MR) is 116 cm³/mol. The van der Waals surface area contributed by atoms with Crippen molar-refractivity contribution >= 4 is 34.9 Å². The van der Waals surface area contributed by atoms with E-state index in [-0.39, 0.29) is 5.57 Å². The van der Waals surface area contributed by atoms with Crippen molar-refractivity contribution in [2.45, 2.75) is 41.5 Å². The molecule has 0 heterocycles. The Balaban J connectivity index is 0. The van der Waals surface area contributed by atoms with Gasteiger partial charge in [-0.05, 0) is 68.3 Å². The van der Waals surface area contributed by atoms with E-state index in [1.807, 2.05) is 59.8 Å². The first-order valence-corrected chi connectivity index (χ1v) is 8.81. The number of methoxy groups -OCH3 is 1. The molecule has 0 amide bonds. The second-order valence-corrected chi connectivity index (χ2v) is 5.25. The summed E-state index contributed by atoms with van der Waals surface area (Å²) in [5.41, 5.74) is 3.81. The Morgan fingerprint density at radius 1 is 1.23 bits per heavy atom. The Morgan fingerprint density at radius 2 is 1.77 bits per heavy atom. The van der Waals surface area contributed by atoms with E-state index < -0.39 is 5.97 Å². The van der Waals surface area contributed by atoms with Gasteiger partial charge in [-0.3, -0.25) is 0 Å². The zero-order valence-electron chi connectivity index (χ0n) is 17.1. The first-order chi connectivity index (χ1) is 12.4. The summed E-state index contributed by atoms with van der Waals surface area (Å²) in [7, 11) is 3.06. The third kappa shape index (κ3) is 8.18. The molecule has 0 unspecified atom stereocenters. The van der Waals surface area contributed by atoms with Gasteiger partial charge in [0.2, 0.25) is 0 Å². The summed E-state index contributed by atoms with van der Waals surface area (Å²) in [6, 6.07) is 5.50. The maximum Gasteiger partial charge on any atom is 0.346 e. The van der Waals surface area contributed by atoms with Gasteiger partial charge in [0.15, 0.2) is 0 Å². The number of halogens is 1. The number of esters is 1. The highest BCUT2D eigenvalue weighted by molar-refractivity contribution is 6.30. The van der Waals surface area contributed by atoms with E-state index in [4.69, 9.17) is 22.8 Å².